The highest BCUT2D eigenvalue weighted by atomic mass is 35.5. The van der Waals surface area contributed by atoms with Gasteiger partial charge in [0, 0.05) is 57.1 Å². The van der Waals surface area contributed by atoms with E-state index in [2.05, 4.69) is 28.4 Å². The Hall–Kier alpha value is -1.70. The van der Waals surface area contributed by atoms with Crippen LogP contribution in [0.4, 0.5) is 0 Å². The summed E-state index contributed by atoms with van der Waals surface area (Å²) in [5.74, 6) is 2.83. The quantitative estimate of drug-likeness (QED) is 0.578. The predicted molar refractivity (Wildman–Crippen MR) is 136 cm³/mol. The van der Waals surface area contributed by atoms with Crippen LogP contribution in [0, 0.1) is 5.92 Å². The van der Waals surface area contributed by atoms with E-state index < -0.39 is 0 Å². The largest absolute Gasteiger partial charge is 0.493 e. The minimum atomic E-state index is 0. The van der Waals surface area contributed by atoms with Gasteiger partial charge in [0.1, 0.15) is 12.4 Å². The average molecular weight is 499 g/mol. The Bertz CT molecular complexity index is 811. The molecule has 0 amide bonds. The van der Waals surface area contributed by atoms with Gasteiger partial charge in [0.25, 0.3) is 0 Å². The molecule has 184 valence electrons. The molecule has 4 rings (SSSR count). The lowest BCUT2D eigenvalue weighted by Gasteiger charge is -2.41. The molecule has 33 heavy (non-hydrogen) atoms. The first kappa shape index (κ1) is 27.5. The summed E-state index contributed by atoms with van der Waals surface area (Å²) in [6.07, 6.45) is 2.11. The van der Waals surface area contributed by atoms with Crippen LogP contribution in [0.1, 0.15) is 30.0 Å². The molecule has 1 N–H and O–H groups in total. The Kier molecular flexibility index (Phi) is 11.6. The third-order valence-corrected chi connectivity index (χ3v) is 6.33. The number of piperazine rings is 1. The molecule has 0 aliphatic carbocycles. The first-order valence-electron chi connectivity index (χ1n) is 11.3. The van der Waals surface area contributed by atoms with Crippen molar-refractivity contribution in [3.63, 3.8) is 0 Å². The van der Waals surface area contributed by atoms with Gasteiger partial charge in [-0.25, -0.2) is 0 Å². The molecule has 2 fully saturated rings. The van der Waals surface area contributed by atoms with E-state index in [4.69, 9.17) is 18.9 Å². The van der Waals surface area contributed by atoms with Crippen molar-refractivity contribution >= 4 is 24.8 Å². The molecular weight excluding hydrogens is 463 g/mol. The molecule has 2 aromatic rings. The number of ether oxygens (including phenoxy) is 4. The van der Waals surface area contributed by atoms with Crippen LogP contribution < -0.4 is 19.5 Å². The number of nitrogens with one attached hydrogen (secondary N) is 1. The molecule has 6 nitrogen and oxygen atoms in total. The molecule has 1 atom stereocenters. The second-order valence-corrected chi connectivity index (χ2v) is 8.20. The fraction of sp³-hybridized carbons (Fsp3) is 0.520. The molecule has 0 aromatic heterocycles. The Morgan fingerprint density at radius 2 is 1.58 bits per heavy atom. The van der Waals surface area contributed by atoms with Gasteiger partial charge >= 0.3 is 0 Å². The van der Waals surface area contributed by atoms with Gasteiger partial charge in [-0.1, -0.05) is 30.3 Å². The first-order valence-corrected chi connectivity index (χ1v) is 11.3. The van der Waals surface area contributed by atoms with Gasteiger partial charge < -0.3 is 24.3 Å². The SMILES string of the molecule is COc1cc(OCc2ccccc2)c([C@H](C2CCOCC2)N2CCNCC2)cc1OC.Cl.Cl. The van der Waals surface area contributed by atoms with E-state index in [9.17, 15) is 0 Å². The molecular formula is C25H36Cl2N2O4. The monoisotopic (exact) mass is 498 g/mol. The van der Waals surface area contributed by atoms with Crippen molar-refractivity contribution in [2.75, 3.05) is 53.6 Å². The highest BCUT2D eigenvalue weighted by Gasteiger charge is 2.34. The van der Waals surface area contributed by atoms with E-state index in [1.165, 1.54) is 5.56 Å². The number of benzene rings is 2. The molecule has 0 saturated carbocycles. The zero-order valence-corrected chi connectivity index (χ0v) is 21.1. The lowest BCUT2D eigenvalue weighted by Crippen LogP contribution is -2.47. The van der Waals surface area contributed by atoms with Gasteiger partial charge in [-0.2, -0.15) is 0 Å². The highest BCUT2D eigenvalue weighted by Crippen LogP contribution is 2.44. The van der Waals surface area contributed by atoms with Crippen molar-refractivity contribution < 1.29 is 18.9 Å². The second-order valence-electron chi connectivity index (χ2n) is 8.20. The van der Waals surface area contributed by atoms with Crippen LogP contribution in [-0.2, 0) is 11.3 Å². The topological polar surface area (TPSA) is 52.2 Å². The van der Waals surface area contributed by atoms with Crippen LogP contribution in [0.3, 0.4) is 0 Å². The molecule has 2 heterocycles. The number of hydrogen-bond donors (Lipinski definition) is 1. The molecule has 0 bridgehead atoms. The molecule has 2 saturated heterocycles. The zero-order chi connectivity index (χ0) is 21.5. The number of halogens is 2. The van der Waals surface area contributed by atoms with Gasteiger partial charge in [0.15, 0.2) is 11.5 Å². The Labute approximate surface area is 209 Å². The maximum atomic E-state index is 6.42. The van der Waals surface area contributed by atoms with Gasteiger partial charge in [-0.3, -0.25) is 4.90 Å². The molecule has 8 heteroatoms. The molecule has 0 radical (unpaired) electrons. The van der Waals surface area contributed by atoms with Crippen molar-refractivity contribution in [2.24, 2.45) is 5.92 Å². The zero-order valence-electron chi connectivity index (χ0n) is 19.5. The third kappa shape index (κ3) is 6.90. The average Bonchev–Trinajstić information content (AvgIpc) is 2.85. The number of hydrogen-bond acceptors (Lipinski definition) is 6. The minimum absolute atomic E-state index is 0. The summed E-state index contributed by atoms with van der Waals surface area (Å²) in [7, 11) is 3.37. The molecule has 2 aromatic carbocycles. The molecule has 2 aliphatic rings. The Morgan fingerprint density at radius 1 is 0.939 bits per heavy atom. The Morgan fingerprint density at radius 3 is 2.21 bits per heavy atom. The first-order chi connectivity index (χ1) is 15.3. The minimum Gasteiger partial charge on any atom is -0.493 e. The maximum Gasteiger partial charge on any atom is 0.164 e. The summed E-state index contributed by atoms with van der Waals surface area (Å²) >= 11 is 0. The van der Waals surface area contributed by atoms with Crippen molar-refractivity contribution in [3.05, 3.63) is 53.6 Å². The summed E-state index contributed by atoms with van der Waals surface area (Å²) in [6.45, 7) is 6.22. The van der Waals surface area contributed by atoms with E-state index in [1.54, 1.807) is 14.2 Å². The lowest BCUT2D eigenvalue weighted by molar-refractivity contribution is 0.0203. The summed E-state index contributed by atoms with van der Waals surface area (Å²) in [5, 5.41) is 3.48. The molecule has 2 aliphatic heterocycles. The normalized spacial score (nSPS) is 17.9. The fourth-order valence-corrected chi connectivity index (χ4v) is 4.71. The van der Waals surface area contributed by atoms with Crippen molar-refractivity contribution in [3.8, 4) is 17.2 Å². The summed E-state index contributed by atoms with van der Waals surface area (Å²) in [4.78, 5) is 2.60. The van der Waals surface area contributed by atoms with Crippen molar-refractivity contribution in [2.45, 2.75) is 25.5 Å². The predicted octanol–water partition coefficient (Wildman–Crippen LogP) is 4.50. The third-order valence-electron chi connectivity index (χ3n) is 6.33. The summed E-state index contributed by atoms with van der Waals surface area (Å²) < 4.78 is 23.4. The summed E-state index contributed by atoms with van der Waals surface area (Å²) in [6, 6.07) is 14.7. The molecule has 0 unspecified atom stereocenters. The number of nitrogens with zero attached hydrogens (tertiary/aromatic N) is 1. The van der Waals surface area contributed by atoms with Crippen LogP contribution in [0.5, 0.6) is 17.2 Å². The summed E-state index contributed by atoms with van der Waals surface area (Å²) in [5.41, 5.74) is 2.33. The standard InChI is InChI=1S/C25H34N2O4.2ClH/c1-28-23-16-21(22(17-24(23)29-2)31-18-19-6-4-3-5-7-19)25(20-8-14-30-15-9-20)27-12-10-26-11-13-27;;/h3-7,16-17,20,25-26H,8-15,18H2,1-2H3;2*1H/t25-;;/m0../s1. The van der Waals surface area contributed by atoms with Crippen molar-refractivity contribution in [1.29, 1.82) is 0 Å². The molecule has 0 spiro atoms. The van der Waals surface area contributed by atoms with Crippen LogP contribution in [0.25, 0.3) is 0 Å². The van der Waals surface area contributed by atoms with E-state index in [1.807, 2.05) is 24.3 Å². The highest BCUT2D eigenvalue weighted by molar-refractivity contribution is 5.85. The number of rotatable bonds is 8. The fourth-order valence-electron chi connectivity index (χ4n) is 4.71. The Balaban J connectivity index is 0.00000193. The van der Waals surface area contributed by atoms with Crippen LogP contribution in [0.2, 0.25) is 0 Å². The van der Waals surface area contributed by atoms with Crippen LogP contribution >= 0.6 is 24.8 Å². The van der Waals surface area contributed by atoms with E-state index in [0.717, 1.165) is 69.3 Å². The van der Waals surface area contributed by atoms with Crippen molar-refractivity contribution in [1.82, 2.24) is 10.2 Å². The lowest BCUT2D eigenvalue weighted by atomic mass is 9.85. The van der Waals surface area contributed by atoms with Gasteiger partial charge in [0.2, 0.25) is 0 Å². The second kappa shape index (κ2) is 13.9. The van der Waals surface area contributed by atoms with Gasteiger partial charge in [-0.15, -0.1) is 24.8 Å². The van der Waals surface area contributed by atoms with Gasteiger partial charge in [-0.05, 0) is 30.4 Å². The number of methoxy groups -OCH3 is 2. The van der Waals surface area contributed by atoms with Gasteiger partial charge in [0.05, 0.1) is 14.2 Å². The maximum absolute atomic E-state index is 6.42. The van der Waals surface area contributed by atoms with E-state index >= 15 is 0 Å². The van der Waals surface area contributed by atoms with Crippen LogP contribution in [-0.4, -0.2) is 58.5 Å². The smallest absolute Gasteiger partial charge is 0.164 e. The van der Waals surface area contributed by atoms with E-state index in [0.29, 0.717) is 18.3 Å². The van der Waals surface area contributed by atoms with E-state index in [-0.39, 0.29) is 30.9 Å². The van der Waals surface area contributed by atoms with Crippen LogP contribution in [0.15, 0.2) is 42.5 Å².